The van der Waals surface area contributed by atoms with Gasteiger partial charge in [-0.25, -0.2) is 0 Å². The Kier molecular flexibility index (Phi) is 5.24. The number of nitrogens with one attached hydrogen (secondary N) is 1. The molecule has 1 aromatic carbocycles. The first-order chi connectivity index (χ1) is 9.22. The standard InChI is InChI=1S/C16H21ClN2/c1-2-12-4-7-15(8-5-12)19-11-14-6-3-13(10-18)9-16(14)17/h3,6,9,12,15,19H,2,4-5,7-8,11H2,1H3. The fraction of sp³-hybridized carbons (Fsp3) is 0.562. The van der Waals surface area contributed by atoms with Gasteiger partial charge in [-0.1, -0.05) is 31.0 Å². The van der Waals surface area contributed by atoms with E-state index in [4.69, 9.17) is 16.9 Å². The third kappa shape index (κ3) is 3.96. The van der Waals surface area contributed by atoms with Crippen molar-refractivity contribution >= 4 is 11.6 Å². The average molecular weight is 277 g/mol. The summed E-state index contributed by atoms with van der Waals surface area (Å²) in [6.45, 7) is 3.08. The quantitative estimate of drug-likeness (QED) is 0.891. The highest BCUT2D eigenvalue weighted by molar-refractivity contribution is 6.31. The van der Waals surface area contributed by atoms with Crippen LogP contribution in [0.1, 0.15) is 50.2 Å². The molecule has 1 saturated carbocycles. The Balaban J connectivity index is 1.85. The molecule has 102 valence electrons. The molecule has 0 aromatic heterocycles. The second-order valence-corrected chi connectivity index (χ2v) is 5.83. The van der Waals surface area contributed by atoms with Crippen LogP contribution >= 0.6 is 11.6 Å². The van der Waals surface area contributed by atoms with E-state index in [1.54, 1.807) is 6.07 Å². The molecule has 0 atom stereocenters. The summed E-state index contributed by atoms with van der Waals surface area (Å²) >= 11 is 6.18. The normalized spacial score (nSPS) is 23.0. The average Bonchev–Trinajstić information content (AvgIpc) is 2.46. The largest absolute Gasteiger partial charge is 0.310 e. The van der Waals surface area contributed by atoms with E-state index in [-0.39, 0.29) is 0 Å². The maximum atomic E-state index is 8.81. The van der Waals surface area contributed by atoms with Crippen LogP contribution in [0.25, 0.3) is 0 Å². The zero-order chi connectivity index (χ0) is 13.7. The molecule has 0 radical (unpaired) electrons. The Morgan fingerprint density at radius 1 is 1.32 bits per heavy atom. The molecule has 2 nitrogen and oxygen atoms in total. The van der Waals surface area contributed by atoms with Crippen molar-refractivity contribution in [1.82, 2.24) is 5.32 Å². The molecule has 1 N–H and O–H groups in total. The first-order valence-corrected chi connectivity index (χ1v) is 7.52. The van der Waals surface area contributed by atoms with Crippen molar-refractivity contribution < 1.29 is 0 Å². The van der Waals surface area contributed by atoms with Crippen molar-refractivity contribution in [3.05, 3.63) is 34.3 Å². The van der Waals surface area contributed by atoms with Gasteiger partial charge in [0.1, 0.15) is 0 Å². The molecule has 1 aliphatic rings. The van der Waals surface area contributed by atoms with Gasteiger partial charge in [-0.05, 0) is 49.3 Å². The molecule has 1 fully saturated rings. The Morgan fingerprint density at radius 3 is 2.63 bits per heavy atom. The van der Waals surface area contributed by atoms with Crippen molar-refractivity contribution in [1.29, 1.82) is 5.26 Å². The molecular formula is C16H21ClN2. The molecule has 3 heteroatoms. The van der Waals surface area contributed by atoms with Gasteiger partial charge in [0, 0.05) is 17.6 Å². The highest BCUT2D eigenvalue weighted by Gasteiger charge is 2.19. The van der Waals surface area contributed by atoms with E-state index in [2.05, 4.69) is 18.3 Å². The van der Waals surface area contributed by atoms with Gasteiger partial charge in [-0.15, -0.1) is 0 Å². The number of hydrogen-bond donors (Lipinski definition) is 1. The lowest BCUT2D eigenvalue weighted by Crippen LogP contribution is -2.32. The summed E-state index contributed by atoms with van der Waals surface area (Å²) in [4.78, 5) is 0. The number of halogens is 1. The number of hydrogen-bond acceptors (Lipinski definition) is 2. The molecule has 1 aliphatic carbocycles. The molecular weight excluding hydrogens is 256 g/mol. The van der Waals surface area contributed by atoms with Gasteiger partial charge in [0.25, 0.3) is 0 Å². The fourth-order valence-corrected chi connectivity index (χ4v) is 3.04. The van der Waals surface area contributed by atoms with Gasteiger partial charge in [0.15, 0.2) is 0 Å². The summed E-state index contributed by atoms with van der Waals surface area (Å²) in [5.41, 5.74) is 1.70. The molecule has 1 aromatic rings. The summed E-state index contributed by atoms with van der Waals surface area (Å²) in [5.74, 6) is 0.927. The maximum absolute atomic E-state index is 8.81. The third-order valence-corrected chi connectivity index (χ3v) is 4.54. The molecule has 0 heterocycles. The zero-order valence-corrected chi connectivity index (χ0v) is 12.2. The van der Waals surface area contributed by atoms with Crippen molar-refractivity contribution in [2.24, 2.45) is 5.92 Å². The number of nitrogens with zero attached hydrogens (tertiary/aromatic N) is 1. The van der Waals surface area contributed by atoms with Crippen LogP contribution < -0.4 is 5.32 Å². The second kappa shape index (κ2) is 6.93. The number of rotatable bonds is 4. The van der Waals surface area contributed by atoms with Gasteiger partial charge in [0.05, 0.1) is 11.6 Å². The molecule has 0 amide bonds. The topological polar surface area (TPSA) is 35.8 Å². The minimum Gasteiger partial charge on any atom is -0.310 e. The highest BCUT2D eigenvalue weighted by Crippen LogP contribution is 2.27. The summed E-state index contributed by atoms with van der Waals surface area (Å²) in [5, 5.41) is 13.1. The predicted molar refractivity (Wildman–Crippen MR) is 79.0 cm³/mol. The monoisotopic (exact) mass is 276 g/mol. The highest BCUT2D eigenvalue weighted by atomic mass is 35.5. The second-order valence-electron chi connectivity index (χ2n) is 5.42. The van der Waals surface area contributed by atoms with Gasteiger partial charge in [0.2, 0.25) is 0 Å². The van der Waals surface area contributed by atoms with Crippen LogP contribution in [0.5, 0.6) is 0 Å². The predicted octanol–water partition coefficient (Wildman–Crippen LogP) is 4.27. The molecule has 0 saturated heterocycles. The van der Waals surface area contributed by atoms with E-state index in [1.807, 2.05) is 12.1 Å². The lowest BCUT2D eigenvalue weighted by atomic mass is 9.84. The van der Waals surface area contributed by atoms with Crippen LogP contribution in [0.15, 0.2) is 18.2 Å². The number of nitriles is 1. The number of benzene rings is 1. The summed E-state index contributed by atoms with van der Waals surface area (Å²) < 4.78 is 0. The van der Waals surface area contributed by atoms with Crippen LogP contribution in [-0.2, 0) is 6.54 Å². The van der Waals surface area contributed by atoms with E-state index in [1.165, 1.54) is 32.1 Å². The Hall–Kier alpha value is -1.04. The molecule has 2 rings (SSSR count). The van der Waals surface area contributed by atoms with Crippen LogP contribution in [0.4, 0.5) is 0 Å². The summed E-state index contributed by atoms with van der Waals surface area (Å²) in [7, 11) is 0. The summed E-state index contributed by atoms with van der Waals surface area (Å²) in [6, 6.07) is 8.25. The van der Waals surface area contributed by atoms with E-state index in [9.17, 15) is 0 Å². The Bertz CT molecular complexity index is 456. The third-order valence-electron chi connectivity index (χ3n) is 4.19. The maximum Gasteiger partial charge on any atom is 0.0992 e. The SMILES string of the molecule is CCC1CCC(NCc2ccc(C#N)cc2Cl)CC1. The van der Waals surface area contributed by atoms with Crippen LogP contribution in [0.2, 0.25) is 5.02 Å². The smallest absolute Gasteiger partial charge is 0.0992 e. The minimum absolute atomic E-state index is 0.620. The fourth-order valence-electron chi connectivity index (χ4n) is 2.79. The lowest BCUT2D eigenvalue weighted by molar-refractivity contribution is 0.285. The molecule has 0 spiro atoms. The van der Waals surface area contributed by atoms with E-state index in [0.717, 1.165) is 18.0 Å². The van der Waals surface area contributed by atoms with Crippen LogP contribution in [-0.4, -0.2) is 6.04 Å². The van der Waals surface area contributed by atoms with Gasteiger partial charge in [-0.3, -0.25) is 0 Å². The van der Waals surface area contributed by atoms with Crippen LogP contribution in [0.3, 0.4) is 0 Å². The first-order valence-electron chi connectivity index (χ1n) is 7.14. The van der Waals surface area contributed by atoms with Gasteiger partial charge >= 0.3 is 0 Å². The van der Waals surface area contributed by atoms with Crippen LogP contribution in [0, 0.1) is 17.2 Å². The molecule has 0 aliphatic heterocycles. The van der Waals surface area contributed by atoms with E-state index < -0.39 is 0 Å². The summed E-state index contributed by atoms with van der Waals surface area (Å²) in [6.07, 6.45) is 6.54. The van der Waals surface area contributed by atoms with Crippen molar-refractivity contribution in [2.45, 2.75) is 51.6 Å². The molecule has 0 bridgehead atoms. The van der Waals surface area contributed by atoms with Gasteiger partial charge in [-0.2, -0.15) is 5.26 Å². The van der Waals surface area contributed by atoms with Crippen molar-refractivity contribution in [2.75, 3.05) is 0 Å². The lowest BCUT2D eigenvalue weighted by Gasteiger charge is -2.28. The minimum atomic E-state index is 0.620. The van der Waals surface area contributed by atoms with Crippen molar-refractivity contribution in [3.8, 4) is 6.07 Å². The van der Waals surface area contributed by atoms with Gasteiger partial charge < -0.3 is 5.32 Å². The first kappa shape index (κ1) is 14.4. The van der Waals surface area contributed by atoms with E-state index >= 15 is 0 Å². The Labute approximate surface area is 120 Å². The van der Waals surface area contributed by atoms with E-state index in [0.29, 0.717) is 16.6 Å². The molecule has 0 unspecified atom stereocenters. The zero-order valence-electron chi connectivity index (χ0n) is 11.5. The Morgan fingerprint density at radius 2 is 2.05 bits per heavy atom. The van der Waals surface area contributed by atoms with Crippen molar-refractivity contribution in [3.63, 3.8) is 0 Å². The molecule has 19 heavy (non-hydrogen) atoms.